The SMILES string of the molecule is COCOc1ccccc1-c1cc2c(nn1)N(C(=O)OC(NC(=O)[C@H](CCCNC(N)=O)NC(=O)[C@@H](NC(=O)CCCCCN1C(=O)C=CC1=O)C(C)C)c1ccccc1)C[C@]1(C)C[C@@H](Oc3ccc(CN4CCN(c5ccc6c(c5)C(=O)N([C@H]5CCC(=O)NC5=O)C6)CC4)cn3)CN21. The Morgan fingerprint density at radius 3 is 2.31 bits per heavy atom. The number of nitrogens with two attached hydrogens (primary N) is 1. The van der Waals surface area contributed by atoms with Crippen LogP contribution < -0.4 is 56.5 Å². The van der Waals surface area contributed by atoms with Crippen molar-refractivity contribution in [1.82, 2.24) is 56.5 Å². The number of pyridine rings is 1. The first kappa shape index (κ1) is 69.8. The molecule has 6 atom stereocenters. The van der Waals surface area contributed by atoms with Crippen molar-refractivity contribution in [3.63, 3.8) is 0 Å². The lowest BCUT2D eigenvalue weighted by molar-refractivity contribution is -0.138. The zero-order chi connectivity index (χ0) is 69.9. The van der Waals surface area contributed by atoms with E-state index in [1.165, 1.54) is 24.2 Å². The number of para-hydroxylation sites is 1. The van der Waals surface area contributed by atoms with Gasteiger partial charge in [0, 0.05) is 126 Å². The smallest absolute Gasteiger partial charge is 0.417 e. The summed E-state index contributed by atoms with van der Waals surface area (Å²) in [6, 6.07) is 23.6. The Bertz CT molecular complexity index is 3870. The maximum Gasteiger partial charge on any atom is 0.417 e. The second-order valence-corrected chi connectivity index (χ2v) is 26.1. The van der Waals surface area contributed by atoms with E-state index in [-0.39, 0.29) is 81.6 Å². The van der Waals surface area contributed by atoms with Crippen molar-refractivity contribution in [2.45, 2.75) is 128 Å². The van der Waals surface area contributed by atoms with Gasteiger partial charge in [-0.3, -0.25) is 58.4 Å². The summed E-state index contributed by atoms with van der Waals surface area (Å²) in [5.74, 6) is -2.91. The van der Waals surface area contributed by atoms with Crippen LogP contribution in [0.1, 0.15) is 112 Å². The van der Waals surface area contributed by atoms with E-state index in [1.54, 1.807) is 55.1 Å². The lowest BCUT2D eigenvalue weighted by Gasteiger charge is -2.45. The van der Waals surface area contributed by atoms with E-state index in [1.807, 2.05) is 67.7 Å². The van der Waals surface area contributed by atoms with Crippen LogP contribution in [-0.4, -0.2) is 185 Å². The second kappa shape index (κ2) is 31.3. The zero-order valence-corrected chi connectivity index (χ0v) is 55.8. The number of piperidine rings is 1. The number of nitrogens with zero attached hydrogens (tertiary/aromatic N) is 9. The molecule has 3 saturated heterocycles. The number of fused-ring (bicyclic) bond motifs is 4. The average molecular weight is 1360 g/mol. The summed E-state index contributed by atoms with van der Waals surface area (Å²) in [7, 11) is 1.52. The van der Waals surface area contributed by atoms with E-state index < -0.39 is 77.7 Å². The first-order valence-corrected chi connectivity index (χ1v) is 33.5. The molecule has 3 fully saturated rings. The fraction of sp³-hybridized carbons (Fsp3) is 0.443. The Hall–Kier alpha value is -10.6. The normalized spacial score (nSPS) is 19.8. The molecule has 29 nitrogen and oxygen atoms in total. The number of piperazine rings is 1. The Kier molecular flexibility index (Phi) is 22.1. The minimum Gasteiger partial charge on any atom is -0.472 e. The Morgan fingerprint density at radius 2 is 1.59 bits per heavy atom. The molecular formula is C70H83N15O14. The predicted molar refractivity (Wildman–Crippen MR) is 360 cm³/mol. The molecule has 8 heterocycles. The summed E-state index contributed by atoms with van der Waals surface area (Å²) >= 11 is 0. The number of urea groups is 1. The van der Waals surface area contributed by atoms with Gasteiger partial charge in [-0.05, 0) is 86.4 Å². The number of rotatable bonds is 28. The van der Waals surface area contributed by atoms with Crippen LogP contribution in [0, 0.1) is 5.92 Å². The van der Waals surface area contributed by atoms with E-state index >= 15 is 4.79 Å². The molecule has 99 heavy (non-hydrogen) atoms. The number of carbonyl (C=O) groups is 10. The molecule has 6 aliphatic rings. The van der Waals surface area contributed by atoms with Gasteiger partial charge in [0.05, 0.1) is 30.0 Å². The van der Waals surface area contributed by atoms with Crippen molar-refractivity contribution in [2.75, 3.05) is 81.0 Å². The van der Waals surface area contributed by atoms with Gasteiger partial charge in [0.2, 0.25) is 41.6 Å². The van der Waals surface area contributed by atoms with Crippen LogP contribution >= 0.6 is 0 Å². The number of imide groups is 2. The summed E-state index contributed by atoms with van der Waals surface area (Å²) in [4.78, 5) is 147. The summed E-state index contributed by atoms with van der Waals surface area (Å²) < 4.78 is 24.2. The first-order valence-electron chi connectivity index (χ1n) is 33.5. The van der Waals surface area contributed by atoms with Gasteiger partial charge < -0.3 is 60.6 Å². The van der Waals surface area contributed by atoms with Crippen LogP contribution in [0.5, 0.6) is 11.6 Å². The van der Waals surface area contributed by atoms with Gasteiger partial charge in [0.1, 0.15) is 30.0 Å². The minimum absolute atomic E-state index is 0.0153. The van der Waals surface area contributed by atoms with Crippen molar-refractivity contribution < 1.29 is 66.9 Å². The number of unbranched alkanes of at least 4 members (excludes halogenated alkanes) is 2. The topological polar surface area (TPSA) is 352 Å². The average Bonchev–Trinajstić information content (AvgIpc) is 1.67. The summed E-state index contributed by atoms with van der Waals surface area (Å²) in [5, 5.41) is 22.7. The van der Waals surface area contributed by atoms with Gasteiger partial charge in [-0.2, -0.15) is 0 Å². The predicted octanol–water partition coefficient (Wildman–Crippen LogP) is 4.35. The Balaban J connectivity index is 0.759. The monoisotopic (exact) mass is 1360 g/mol. The van der Waals surface area contributed by atoms with Crippen molar-refractivity contribution in [3.8, 4) is 22.9 Å². The molecule has 7 N–H and O–H groups in total. The number of anilines is 3. The minimum atomic E-state index is -1.44. The molecular weight excluding hydrogens is 1270 g/mol. The number of hydrogen-bond acceptors (Lipinski definition) is 20. The Labute approximate surface area is 572 Å². The van der Waals surface area contributed by atoms with Crippen LogP contribution in [0.3, 0.4) is 0 Å². The highest BCUT2D eigenvalue weighted by molar-refractivity contribution is 6.13. The lowest BCUT2D eigenvalue weighted by Crippen LogP contribution is -2.57. The highest BCUT2D eigenvalue weighted by Gasteiger charge is 2.51. The van der Waals surface area contributed by atoms with Crippen molar-refractivity contribution >= 4 is 76.6 Å². The van der Waals surface area contributed by atoms with Gasteiger partial charge in [0.15, 0.2) is 12.6 Å². The first-order chi connectivity index (χ1) is 47.7. The molecule has 11 rings (SSSR count). The van der Waals surface area contributed by atoms with E-state index in [9.17, 15) is 43.2 Å². The van der Waals surface area contributed by atoms with Gasteiger partial charge >= 0.3 is 12.1 Å². The zero-order valence-electron chi connectivity index (χ0n) is 55.8. The molecule has 5 aromatic rings. The van der Waals surface area contributed by atoms with Gasteiger partial charge in [0.25, 0.3) is 17.7 Å². The van der Waals surface area contributed by atoms with Crippen LogP contribution in [0.4, 0.5) is 26.8 Å². The van der Waals surface area contributed by atoms with Gasteiger partial charge in [-0.15, -0.1) is 10.2 Å². The number of methoxy groups -OCH3 is 1. The summed E-state index contributed by atoms with van der Waals surface area (Å²) in [5.41, 5.74) is 9.88. The van der Waals surface area contributed by atoms with E-state index in [2.05, 4.69) is 46.4 Å². The molecule has 0 spiro atoms. The fourth-order valence-electron chi connectivity index (χ4n) is 13.4. The van der Waals surface area contributed by atoms with E-state index in [0.29, 0.717) is 91.4 Å². The summed E-state index contributed by atoms with van der Waals surface area (Å²) in [6.07, 6.45) is 4.06. The molecule has 0 saturated carbocycles. The van der Waals surface area contributed by atoms with Crippen molar-refractivity contribution in [3.05, 3.63) is 132 Å². The number of hydrogen-bond donors (Lipinski definition) is 6. The number of carbonyl (C=O) groups excluding carboxylic acids is 10. The Morgan fingerprint density at radius 1 is 0.818 bits per heavy atom. The third-order valence-corrected chi connectivity index (χ3v) is 18.6. The maximum absolute atomic E-state index is 15.2. The third-order valence-electron chi connectivity index (χ3n) is 18.6. The van der Waals surface area contributed by atoms with Crippen LogP contribution in [0.2, 0.25) is 0 Å². The van der Waals surface area contributed by atoms with E-state index in [4.69, 9.17) is 34.8 Å². The van der Waals surface area contributed by atoms with E-state index in [0.717, 1.165) is 47.9 Å². The number of benzene rings is 3. The standard InChI is InChI=1S/C70H83N15O14/c1-43(2)61(75-56(86)19-9-6-12-29-82-59(88)26-27-60(82)89)65(92)74-51(17-13-28-72-68(71)94)63(90)77-66(45-14-7-5-8-15-45)99-69(95)84-41-70(3)36-48(40-85(70)54-35-52(78-79-62(54)84)49-16-10-11-18-55(49)97-42-96-4)98-58-25-20-44(37-73-58)38-80-30-32-81(33-31-80)47-22-21-46-39-83(67(93)50(46)34-47)53-23-24-57(87)76-64(53)91/h5,7-8,10-11,14-16,18,20-22,25-27,34-35,37,43,48,51,53,61,66H,6,9,12-13,17,19,23-24,28-33,36,38-42H2,1-4H3,(H,74,92)(H,75,86)(H,77,90)(H3,71,72,94)(H,76,87,91)/t48-,51+,53+,61+,66?,70+/m1/s1. The second-order valence-electron chi connectivity index (χ2n) is 26.1. The van der Waals surface area contributed by atoms with Gasteiger partial charge in [-0.1, -0.05) is 74.9 Å². The van der Waals surface area contributed by atoms with Crippen molar-refractivity contribution in [1.29, 1.82) is 0 Å². The molecule has 1 unspecified atom stereocenters. The van der Waals surface area contributed by atoms with Crippen LogP contribution in [0.25, 0.3) is 11.3 Å². The highest BCUT2D eigenvalue weighted by Crippen LogP contribution is 2.47. The molecule has 11 amide bonds. The van der Waals surface area contributed by atoms with Gasteiger partial charge in [-0.25, -0.2) is 14.6 Å². The molecule has 0 aliphatic carbocycles. The lowest BCUT2D eigenvalue weighted by atomic mass is 9.94. The van der Waals surface area contributed by atoms with Crippen molar-refractivity contribution in [2.24, 2.45) is 11.7 Å². The molecule has 2 aromatic heterocycles. The third kappa shape index (κ3) is 16.7. The number of ether oxygens (including phenoxy) is 4. The fourth-order valence-corrected chi connectivity index (χ4v) is 13.4. The number of primary amides is 1. The maximum atomic E-state index is 15.2. The molecule has 522 valence electrons. The quantitative estimate of drug-likeness (QED) is 0.0230. The summed E-state index contributed by atoms with van der Waals surface area (Å²) in [6.45, 7) is 10.1. The van der Waals surface area contributed by atoms with Crippen LogP contribution in [0.15, 0.2) is 109 Å². The molecule has 0 radical (unpaired) electrons. The molecule has 6 aliphatic heterocycles. The highest BCUT2D eigenvalue weighted by atomic mass is 16.7. The molecule has 3 aromatic carbocycles. The molecule has 0 bridgehead atoms. The molecule has 29 heteroatoms. The van der Waals surface area contributed by atoms with Crippen LogP contribution in [-0.2, 0) is 56.1 Å². The number of nitrogens with one attached hydrogen (secondary N) is 5. The largest absolute Gasteiger partial charge is 0.472 e. The number of amides is 11. The number of aromatic nitrogens is 3.